The van der Waals surface area contributed by atoms with Gasteiger partial charge in [0.1, 0.15) is 16.1 Å². The molecule has 0 saturated heterocycles. The topological polar surface area (TPSA) is 91.6 Å². The van der Waals surface area contributed by atoms with Crippen LogP contribution in [0.2, 0.25) is 0 Å². The van der Waals surface area contributed by atoms with E-state index in [9.17, 15) is 14.9 Å². The fourth-order valence-corrected chi connectivity index (χ4v) is 1.31. The second-order valence-electron chi connectivity index (χ2n) is 2.39. The molecule has 0 fully saturated rings. The van der Waals surface area contributed by atoms with Gasteiger partial charge < -0.3 is 0 Å². The second-order valence-corrected chi connectivity index (χ2v) is 3.06. The van der Waals surface area contributed by atoms with Gasteiger partial charge in [-0.15, -0.1) is 0 Å². The van der Waals surface area contributed by atoms with E-state index in [0.717, 1.165) is 6.08 Å². The number of halogens is 1. The Labute approximate surface area is 86.8 Å². The molecule has 1 unspecified atom stereocenters. The van der Waals surface area contributed by atoms with Gasteiger partial charge in [-0.1, -0.05) is 6.08 Å². The Kier molecular flexibility index (Phi) is 2.93. The van der Waals surface area contributed by atoms with Crippen molar-refractivity contribution in [3.05, 3.63) is 39.1 Å². The van der Waals surface area contributed by atoms with Crippen molar-refractivity contribution < 1.29 is 9.72 Å². The third-order valence-electron chi connectivity index (χ3n) is 1.58. The Hall–Kier alpha value is -1.75. The average molecular weight is 260 g/mol. The van der Waals surface area contributed by atoms with Gasteiger partial charge in [0.15, 0.2) is 5.70 Å². The van der Waals surface area contributed by atoms with Gasteiger partial charge in [-0.25, -0.2) is 0 Å². The quantitative estimate of drug-likeness (QED) is 0.320. The predicted molar refractivity (Wildman–Crippen MR) is 48.9 cm³/mol. The molecule has 0 amide bonds. The number of rotatable bonds is 2. The monoisotopic (exact) mass is 259 g/mol. The molecule has 0 bridgehead atoms. The fraction of sp³-hybridized carbons (Fsp3) is 0.167. The lowest BCUT2D eigenvalue weighted by molar-refractivity contribution is -0.498. The summed E-state index contributed by atoms with van der Waals surface area (Å²) in [5.41, 5.74) is -0.0509. The first-order chi connectivity index (χ1) is 6.57. The molecule has 1 atom stereocenters. The van der Waals surface area contributed by atoms with E-state index >= 15 is 0 Å². The molecular weight excluding hydrogens is 256 g/mol. The van der Waals surface area contributed by atoms with Crippen LogP contribution < -0.4 is 0 Å². The Morgan fingerprint density at radius 3 is 2.86 bits per heavy atom. The van der Waals surface area contributed by atoms with Crippen LogP contribution in [0, 0.1) is 15.5 Å². The molecule has 0 aromatic carbocycles. The molecule has 0 aromatic heterocycles. The molecular formula is C6H4BrN4O3+. The summed E-state index contributed by atoms with van der Waals surface area (Å²) in [6, 6.07) is -1.53. The number of hydrogen-bond donors (Lipinski definition) is 0. The van der Waals surface area contributed by atoms with E-state index in [-0.39, 0.29) is 5.70 Å². The normalized spacial score (nSPS) is 19.9. The highest BCUT2D eigenvalue weighted by Gasteiger charge is 2.41. The maximum atomic E-state index is 11.1. The number of diazo groups is 1. The second kappa shape index (κ2) is 3.97. The third kappa shape index (κ3) is 1.77. The van der Waals surface area contributed by atoms with Crippen molar-refractivity contribution in [2.75, 3.05) is 0 Å². The molecule has 1 rings (SSSR count). The summed E-state index contributed by atoms with van der Waals surface area (Å²) in [6.07, 6.45) is 3.75. The highest BCUT2D eigenvalue weighted by atomic mass is 79.9. The van der Waals surface area contributed by atoms with E-state index in [2.05, 4.69) is 21.2 Å². The van der Waals surface area contributed by atoms with Crippen molar-refractivity contribution in [1.29, 1.82) is 5.39 Å². The summed E-state index contributed by atoms with van der Waals surface area (Å²) in [5.74, 6) is -0.666. The number of ketones is 1. The molecule has 14 heavy (non-hydrogen) atoms. The van der Waals surface area contributed by atoms with Crippen LogP contribution in [-0.4, -0.2) is 20.8 Å². The SMILES string of the molecule is N#[N+]N(Br)C1=CC=CC(=O)C1[N+](=O)[O-]. The van der Waals surface area contributed by atoms with Crippen LogP contribution in [0.25, 0.3) is 5.08 Å². The number of allylic oxidation sites excluding steroid dienone is 2. The number of nitrogens with zero attached hydrogens (tertiary/aromatic N) is 4. The maximum absolute atomic E-state index is 11.1. The zero-order valence-corrected chi connectivity index (χ0v) is 8.29. The zero-order valence-electron chi connectivity index (χ0n) is 6.70. The molecule has 0 radical (unpaired) electrons. The van der Waals surface area contributed by atoms with Crippen molar-refractivity contribution >= 4 is 21.9 Å². The number of carbonyl (C=O) groups excluding carboxylic acids is 1. The summed E-state index contributed by atoms with van der Waals surface area (Å²) in [7, 11) is 0. The highest BCUT2D eigenvalue weighted by Crippen LogP contribution is 2.21. The smallest absolute Gasteiger partial charge is 0.287 e. The lowest BCUT2D eigenvalue weighted by Crippen LogP contribution is -2.35. The minimum atomic E-state index is -1.53. The first-order valence-corrected chi connectivity index (χ1v) is 4.15. The number of carbonyl (C=O) groups is 1. The molecule has 7 nitrogen and oxygen atoms in total. The molecule has 1 aliphatic carbocycles. The largest absolute Gasteiger partial charge is 0.322 e. The van der Waals surface area contributed by atoms with E-state index in [1.807, 2.05) is 0 Å². The third-order valence-corrected chi connectivity index (χ3v) is 2.13. The van der Waals surface area contributed by atoms with Crippen LogP contribution in [-0.2, 0) is 4.79 Å². The number of hydrogen-bond acceptors (Lipinski definition) is 5. The van der Waals surface area contributed by atoms with Gasteiger partial charge in [0.05, 0.1) is 4.03 Å². The van der Waals surface area contributed by atoms with Crippen LogP contribution in [0.1, 0.15) is 0 Å². The molecule has 0 N–H and O–H groups in total. The standard InChI is InChI=1S/C6H4BrN4O3/c7-10(9-8)4-2-1-3-5(12)6(4)11(13)14/h1-3,6H/q+1. The van der Waals surface area contributed by atoms with Gasteiger partial charge in [0.25, 0.3) is 5.39 Å². The Morgan fingerprint density at radius 1 is 1.71 bits per heavy atom. The Bertz CT molecular complexity index is 383. The van der Waals surface area contributed by atoms with Crippen LogP contribution >= 0.6 is 16.1 Å². The molecule has 0 aliphatic heterocycles. The van der Waals surface area contributed by atoms with Crippen molar-refractivity contribution in [3.63, 3.8) is 0 Å². The Morgan fingerprint density at radius 2 is 2.36 bits per heavy atom. The Balaban J connectivity index is 3.08. The van der Waals surface area contributed by atoms with Crippen molar-refractivity contribution in [2.24, 2.45) is 0 Å². The van der Waals surface area contributed by atoms with Gasteiger partial charge in [-0.2, -0.15) is 0 Å². The molecule has 8 heteroatoms. The van der Waals surface area contributed by atoms with Crippen molar-refractivity contribution in [2.45, 2.75) is 6.04 Å². The fourth-order valence-electron chi connectivity index (χ4n) is 0.996. The van der Waals surface area contributed by atoms with E-state index < -0.39 is 16.7 Å². The van der Waals surface area contributed by atoms with E-state index in [4.69, 9.17) is 5.39 Å². The lowest BCUT2D eigenvalue weighted by Gasteiger charge is -2.09. The van der Waals surface area contributed by atoms with Crippen molar-refractivity contribution in [3.8, 4) is 0 Å². The van der Waals surface area contributed by atoms with Gasteiger partial charge in [-0.3, -0.25) is 14.9 Å². The van der Waals surface area contributed by atoms with Crippen LogP contribution in [0.3, 0.4) is 0 Å². The summed E-state index contributed by atoms with van der Waals surface area (Å²) < 4.78 is 0.696. The molecule has 0 heterocycles. The molecule has 1 aliphatic rings. The van der Waals surface area contributed by atoms with Crippen LogP contribution in [0.15, 0.2) is 23.9 Å². The van der Waals surface area contributed by atoms with Gasteiger partial charge in [0.2, 0.25) is 5.78 Å². The first kappa shape index (κ1) is 10.3. The lowest BCUT2D eigenvalue weighted by atomic mass is 10.1. The van der Waals surface area contributed by atoms with E-state index in [0.29, 0.717) is 4.03 Å². The van der Waals surface area contributed by atoms with Gasteiger partial charge in [-0.05, 0) is 12.2 Å². The molecule has 0 saturated carbocycles. The minimum Gasteiger partial charge on any atom is -0.287 e. The van der Waals surface area contributed by atoms with E-state index in [1.54, 1.807) is 0 Å². The zero-order chi connectivity index (χ0) is 10.7. The summed E-state index contributed by atoms with van der Waals surface area (Å²) in [5, 5.41) is 21.6. The average Bonchev–Trinajstić information content (AvgIpc) is 2.15. The summed E-state index contributed by atoms with van der Waals surface area (Å²) >= 11 is 2.73. The number of nitro groups is 1. The summed E-state index contributed by atoms with van der Waals surface area (Å²) in [6.45, 7) is 0. The molecule has 0 aromatic rings. The minimum absolute atomic E-state index is 0.0509. The van der Waals surface area contributed by atoms with Gasteiger partial charge >= 0.3 is 11.1 Å². The molecule has 0 spiro atoms. The highest BCUT2D eigenvalue weighted by molar-refractivity contribution is 9.07. The van der Waals surface area contributed by atoms with Crippen LogP contribution in [0.5, 0.6) is 0 Å². The first-order valence-electron chi connectivity index (χ1n) is 3.44. The summed E-state index contributed by atoms with van der Waals surface area (Å²) in [4.78, 5) is 20.9. The van der Waals surface area contributed by atoms with Crippen LogP contribution in [0.4, 0.5) is 0 Å². The van der Waals surface area contributed by atoms with Gasteiger partial charge in [0, 0.05) is 4.92 Å². The predicted octanol–water partition coefficient (Wildman–Crippen LogP) is 1.03. The van der Waals surface area contributed by atoms with E-state index in [1.165, 1.54) is 12.2 Å². The molecule has 72 valence electrons. The maximum Gasteiger partial charge on any atom is 0.322 e. The van der Waals surface area contributed by atoms with Crippen molar-refractivity contribution in [1.82, 2.24) is 4.03 Å².